The second-order valence-corrected chi connectivity index (χ2v) is 7.08. The molecule has 0 aliphatic rings. The molecule has 0 aliphatic carbocycles. The SMILES string of the molecule is CCCCCCCCC(CC(C(=O)O)C(=O)O)C(C)(C)C.[CaH2]. The second-order valence-electron chi connectivity index (χ2n) is 7.08. The van der Waals surface area contributed by atoms with Crippen LogP contribution < -0.4 is 0 Å². The first kappa shape index (κ1) is 24.5. The minimum absolute atomic E-state index is 0. The van der Waals surface area contributed by atoms with Gasteiger partial charge in [-0.1, -0.05) is 66.2 Å². The molecule has 0 heterocycles. The van der Waals surface area contributed by atoms with E-state index in [1.165, 1.54) is 25.7 Å². The van der Waals surface area contributed by atoms with E-state index in [1.54, 1.807) is 0 Å². The first-order valence-electron chi connectivity index (χ1n) is 8.15. The summed E-state index contributed by atoms with van der Waals surface area (Å²) in [5.74, 6) is -3.60. The quantitative estimate of drug-likeness (QED) is 0.341. The zero-order chi connectivity index (χ0) is 16.5. The normalized spacial score (nSPS) is 12.8. The van der Waals surface area contributed by atoms with Crippen molar-refractivity contribution in [2.75, 3.05) is 0 Å². The molecule has 0 aromatic heterocycles. The van der Waals surface area contributed by atoms with Crippen LogP contribution in [0.3, 0.4) is 0 Å². The van der Waals surface area contributed by atoms with Crippen LogP contribution in [-0.4, -0.2) is 59.9 Å². The molecule has 1 atom stereocenters. The van der Waals surface area contributed by atoms with Crippen molar-refractivity contribution in [3.8, 4) is 0 Å². The third kappa shape index (κ3) is 10.8. The van der Waals surface area contributed by atoms with Crippen LogP contribution in [0.25, 0.3) is 0 Å². The van der Waals surface area contributed by atoms with Gasteiger partial charge in [0.15, 0.2) is 5.92 Å². The summed E-state index contributed by atoms with van der Waals surface area (Å²) in [5, 5.41) is 18.1. The molecule has 0 bridgehead atoms. The van der Waals surface area contributed by atoms with Crippen molar-refractivity contribution in [2.45, 2.75) is 79.1 Å². The van der Waals surface area contributed by atoms with Gasteiger partial charge < -0.3 is 10.2 Å². The first-order valence-corrected chi connectivity index (χ1v) is 8.15. The number of hydrogen-bond donors (Lipinski definition) is 2. The van der Waals surface area contributed by atoms with Crippen molar-refractivity contribution in [3.05, 3.63) is 0 Å². The van der Waals surface area contributed by atoms with Crippen molar-refractivity contribution >= 4 is 49.7 Å². The van der Waals surface area contributed by atoms with Gasteiger partial charge in [-0.05, 0) is 24.2 Å². The predicted octanol–water partition coefficient (Wildman–Crippen LogP) is 3.66. The third-order valence-electron chi connectivity index (χ3n) is 4.25. The molecule has 128 valence electrons. The molecule has 0 radical (unpaired) electrons. The summed E-state index contributed by atoms with van der Waals surface area (Å²) in [5.41, 5.74) is -0.0629. The summed E-state index contributed by atoms with van der Waals surface area (Å²) in [4.78, 5) is 22.1. The maximum absolute atomic E-state index is 11.1. The molecule has 0 fully saturated rings. The molecular formula is C17H34CaO4. The van der Waals surface area contributed by atoms with E-state index in [4.69, 9.17) is 10.2 Å². The standard InChI is InChI=1S/C17H32O4.Ca.2H/c1-5-6-7-8-9-10-11-13(17(2,3)4)12-14(15(18)19)16(20)21;;;/h13-14H,5-12H2,1-4H3,(H,18,19)(H,20,21);;;. The van der Waals surface area contributed by atoms with Gasteiger partial charge in [-0.2, -0.15) is 0 Å². The van der Waals surface area contributed by atoms with Gasteiger partial charge in [0.05, 0.1) is 0 Å². The van der Waals surface area contributed by atoms with Crippen LogP contribution in [-0.2, 0) is 9.59 Å². The summed E-state index contributed by atoms with van der Waals surface area (Å²) >= 11 is 0. The van der Waals surface area contributed by atoms with Crippen LogP contribution in [0, 0.1) is 17.3 Å². The number of carbonyl (C=O) groups is 2. The fraction of sp³-hybridized carbons (Fsp3) is 0.882. The Morgan fingerprint density at radius 2 is 1.36 bits per heavy atom. The fourth-order valence-corrected chi connectivity index (χ4v) is 2.67. The van der Waals surface area contributed by atoms with Gasteiger partial charge >= 0.3 is 49.7 Å². The maximum atomic E-state index is 11.1. The monoisotopic (exact) mass is 342 g/mol. The molecule has 1 unspecified atom stereocenters. The van der Waals surface area contributed by atoms with Crippen LogP contribution >= 0.6 is 0 Å². The molecule has 0 aliphatic heterocycles. The number of unbranched alkanes of at least 4 members (excludes halogenated alkanes) is 5. The Labute approximate surface area is 165 Å². The predicted molar refractivity (Wildman–Crippen MR) is 92.9 cm³/mol. The molecule has 4 nitrogen and oxygen atoms in total. The zero-order valence-electron chi connectivity index (χ0n) is 14.0. The van der Waals surface area contributed by atoms with E-state index in [0.717, 1.165) is 19.3 Å². The van der Waals surface area contributed by atoms with Gasteiger partial charge in [-0.25, -0.2) is 0 Å². The van der Waals surface area contributed by atoms with E-state index in [-0.39, 0.29) is 55.5 Å². The van der Waals surface area contributed by atoms with Crippen LogP contribution in [0.1, 0.15) is 79.1 Å². The fourth-order valence-electron chi connectivity index (χ4n) is 2.67. The summed E-state index contributed by atoms with van der Waals surface area (Å²) in [6.07, 6.45) is 8.30. The van der Waals surface area contributed by atoms with E-state index in [0.29, 0.717) is 0 Å². The van der Waals surface area contributed by atoms with Gasteiger partial charge in [0.25, 0.3) is 0 Å². The van der Waals surface area contributed by atoms with Gasteiger partial charge in [0, 0.05) is 0 Å². The molecule has 0 aromatic carbocycles. The number of rotatable bonds is 11. The topological polar surface area (TPSA) is 74.6 Å². The van der Waals surface area contributed by atoms with Crippen molar-refractivity contribution in [1.82, 2.24) is 0 Å². The van der Waals surface area contributed by atoms with Crippen molar-refractivity contribution in [2.24, 2.45) is 17.3 Å². The molecule has 0 saturated heterocycles. The zero-order valence-corrected chi connectivity index (χ0v) is 14.0. The molecule has 0 rings (SSSR count). The summed E-state index contributed by atoms with van der Waals surface area (Å²) in [6, 6.07) is 0. The summed E-state index contributed by atoms with van der Waals surface area (Å²) < 4.78 is 0. The second kappa shape index (κ2) is 12.6. The van der Waals surface area contributed by atoms with Gasteiger partial charge in [-0.15, -0.1) is 0 Å². The van der Waals surface area contributed by atoms with Crippen molar-refractivity contribution in [1.29, 1.82) is 0 Å². The Balaban J connectivity index is 0. The van der Waals surface area contributed by atoms with Crippen LogP contribution in [0.15, 0.2) is 0 Å². The third-order valence-corrected chi connectivity index (χ3v) is 4.25. The molecule has 0 spiro atoms. The summed E-state index contributed by atoms with van der Waals surface area (Å²) in [6.45, 7) is 8.38. The van der Waals surface area contributed by atoms with Gasteiger partial charge in [0.2, 0.25) is 0 Å². The Bertz CT molecular complexity index is 309. The molecule has 0 amide bonds. The van der Waals surface area contributed by atoms with Crippen LogP contribution in [0.4, 0.5) is 0 Å². The van der Waals surface area contributed by atoms with Crippen LogP contribution in [0.2, 0.25) is 0 Å². The first-order chi connectivity index (χ1) is 9.70. The Morgan fingerprint density at radius 1 is 0.909 bits per heavy atom. The number of aliphatic carboxylic acids is 2. The van der Waals surface area contributed by atoms with Crippen LogP contribution in [0.5, 0.6) is 0 Å². The average molecular weight is 343 g/mol. The molecule has 22 heavy (non-hydrogen) atoms. The molecule has 2 N–H and O–H groups in total. The Hall–Kier alpha value is 0.200. The molecule has 5 heteroatoms. The van der Waals surface area contributed by atoms with E-state index >= 15 is 0 Å². The van der Waals surface area contributed by atoms with E-state index in [2.05, 4.69) is 27.7 Å². The van der Waals surface area contributed by atoms with Gasteiger partial charge in [-0.3, -0.25) is 9.59 Å². The average Bonchev–Trinajstić information content (AvgIpc) is 2.34. The Kier molecular flexibility index (Phi) is 14.0. The van der Waals surface area contributed by atoms with E-state index < -0.39 is 17.9 Å². The number of hydrogen-bond acceptors (Lipinski definition) is 2. The van der Waals surface area contributed by atoms with Crippen molar-refractivity contribution < 1.29 is 19.8 Å². The summed E-state index contributed by atoms with van der Waals surface area (Å²) in [7, 11) is 0. The Morgan fingerprint density at radius 3 is 1.77 bits per heavy atom. The molecule has 0 saturated carbocycles. The van der Waals surface area contributed by atoms with Gasteiger partial charge in [0.1, 0.15) is 0 Å². The van der Waals surface area contributed by atoms with E-state index in [9.17, 15) is 9.59 Å². The van der Waals surface area contributed by atoms with Crippen molar-refractivity contribution in [3.63, 3.8) is 0 Å². The molecule has 0 aromatic rings. The minimum atomic E-state index is -1.28. The number of carboxylic acid groups (broad SMARTS) is 2. The number of carboxylic acids is 2. The molecular weight excluding hydrogens is 308 g/mol. The van der Waals surface area contributed by atoms with E-state index in [1.807, 2.05) is 0 Å².